The first-order valence-corrected chi connectivity index (χ1v) is 11.3. The van der Waals surface area contributed by atoms with Crippen molar-refractivity contribution in [2.24, 2.45) is 0 Å². The van der Waals surface area contributed by atoms with Crippen LogP contribution in [0.1, 0.15) is 39.0 Å². The molecule has 1 saturated carbocycles. The molecule has 3 aliphatic rings. The summed E-state index contributed by atoms with van der Waals surface area (Å²) in [6.07, 6.45) is 0.205. The third-order valence-corrected chi connectivity index (χ3v) is 5.77. The second-order valence-corrected chi connectivity index (χ2v) is 8.20. The van der Waals surface area contributed by atoms with Crippen LogP contribution in [0.15, 0.2) is 0 Å². The van der Waals surface area contributed by atoms with Crippen molar-refractivity contribution in [1.82, 2.24) is 0 Å². The molecule has 0 amide bonds. The predicted molar refractivity (Wildman–Crippen MR) is 107 cm³/mol. The number of carbonyl (C=O) groups excluding carboxylic acids is 1. The minimum Gasteiger partial charge on any atom is -0.462 e. The lowest BCUT2D eigenvalue weighted by molar-refractivity contribution is -0.269. The van der Waals surface area contributed by atoms with E-state index in [9.17, 15) is 15.0 Å². The number of aliphatic hydroxyl groups excluding tert-OH is 2. The van der Waals surface area contributed by atoms with Gasteiger partial charge in [-0.25, -0.2) is 4.79 Å². The first kappa shape index (κ1) is 25.7. The van der Waals surface area contributed by atoms with Gasteiger partial charge >= 0.3 is 5.97 Å². The summed E-state index contributed by atoms with van der Waals surface area (Å²) in [4.78, 5) is 11.6. The van der Waals surface area contributed by atoms with Crippen LogP contribution < -0.4 is 0 Å². The van der Waals surface area contributed by atoms with E-state index in [-0.39, 0.29) is 19.8 Å². The van der Waals surface area contributed by atoms with Crippen LogP contribution in [0.3, 0.4) is 0 Å². The van der Waals surface area contributed by atoms with Crippen molar-refractivity contribution in [3.63, 3.8) is 0 Å². The molecule has 11 heteroatoms. The van der Waals surface area contributed by atoms with Gasteiger partial charge in [-0.3, -0.25) is 0 Å². The molecule has 0 radical (unpaired) electrons. The highest BCUT2D eigenvalue weighted by atomic mass is 16.9. The van der Waals surface area contributed by atoms with E-state index in [2.05, 4.69) is 0 Å². The second kappa shape index (κ2) is 12.5. The third kappa shape index (κ3) is 6.81. The summed E-state index contributed by atoms with van der Waals surface area (Å²) in [6, 6.07) is 0. The van der Waals surface area contributed by atoms with Gasteiger partial charge < -0.3 is 48.1 Å². The summed E-state index contributed by atoms with van der Waals surface area (Å²) in [7, 11) is 1.55. The average molecular weight is 465 g/mol. The molecule has 2 saturated heterocycles. The van der Waals surface area contributed by atoms with E-state index in [0.29, 0.717) is 13.2 Å². The van der Waals surface area contributed by atoms with Crippen LogP contribution >= 0.6 is 0 Å². The maximum absolute atomic E-state index is 11.6. The fourth-order valence-corrected chi connectivity index (χ4v) is 4.22. The molecule has 6 atom stereocenters. The highest BCUT2D eigenvalue weighted by Crippen LogP contribution is 2.46. The Morgan fingerprint density at radius 1 is 1.12 bits per heavy atom. The van der Waals surface area contributed by atoms with Crippen molar-refractivity contribution < 1.29 is 52.9 Å². The second-order valence-electron chi connectivity index (χ2n) is 8.20. The normalized spacial score (nSPS) is 30.9. The standard InChI is InChI=1S/C21H36O11/c1-14(27-10-11-28-16(24)13-26-9-8-25-2)29-18-17(15(23)12-22)30-20-19(18)31-21(32-20)6-4-3-5-7-21/h14-15,17-20,22-23H,3-13H2,1-2H3/t14?,15?,17-,18+,19-,20-/m1/s1. The molecule has 1 aliphatic carbocycles. The van der Waals surface area contributed by atoms with E-state index in [0.717, 1.165) is 32.1 Å². The minimum absolute atomic E-state index is 0.0405. The van der Waals surface area contributed by atoms with Gasteiger partial charge in [-0.05, 0) is 19.8 Å². The van der Waals surface area contributed by atoms with Gasteiger partial charge in [0.25, 0.3) is 0 Å². The zero-order chi connectivity index (χ0) is 23.0. The van der Waals surface area contributed by atoms with Gasteiger partial charge in [-0.2, -0.15) is 0 Å². The SMILES string of the molecule is COCCOCC(=O)OCCOC(C)O[C@@H]1[C@H]2OC3(CCCCC3)O[C@H]2O[C@@H]1C(O)CO. The van der Waals surface area contributed by atoms with Crippen molar-refractivity contribution in [2.75, 3.05) is 46.8 Å². The highest BCUT2D eigenvalue weighted by Gasteiger charge is 2.59. The Labute approximate surface area is 188 Å². The highest BCUT2D eigenvalue weighted by molar-refractivity contribution is 5.70. The van der Waals surface area contributed by atoms with Gasteiger partial charge in [0, 0.05) is 20.0 Å². The maximum atomic E-state index is 11.6. The van der Waals surface area contributed by atoms with Crippen molar-refractivity contribution in [3.05, 3.63) is 0 Å². The van der Waals surface area contributed by atoms with Crippen molar-refractivity contribution in [2.45, 2.75) is 81.8 Å². The Bertz CT molecular complexity index is 568. The van der Waals surface area contributed by atoms with E-state index in [1.165, 1.54) is 0 Å². The number of hydrogen-bond acceptors (Lipinski definition) is 11. The van der Waals surface area contributed by atoms with Crippen LogP contribution in [0.4, 0.5) is 0 Å². The van der Waals surface area contributed by atoms with Crippen LogP contribution in [-0.4, -0.2) is 106 Å². The number of hydrogen-bond donors (Lipinski definition) is 2. The quantitative estimate of drug-likeness (QED) is 0.218. The first-order valence-electron chi connectivity index (χ1n) is 11.3. The van der Waals surface area contributed by atoms with Crippen molar-refractivity contribution >= 4 is 5.97 Å². The van der Waals surface area contributed by atoms with Crippen LogP contribution in [0.5, 0.6) is 0 Å². The summed E-state index contributed by atoms with van der Waals surface area (Å²) in [5.74, 6) is -1.17. The molecule has 2 N–H and O–H groups in total. The molecule has 32 heavy (non-hydrogen) atoms. The topological polar surface area (TPSA) is 131 Å². The summed E-state index contributed by atoms with van der Waals surface area (Å²) >= 11 is 0. The predicted octanol–water partition coefficient (Wildman–Crippen LogP) is 0.0943. The molecular formula is C21H36O11. The smallest absolute Gasteiger partial charge is 0.332 e. The molecule has 1 spiro atoms. The zero-order valence-corrected chi connectivity index (χ0v) is 18.8. The van der Waals surface area contributed by atoms with Gasteiger partial charge in [-0.15, -0.1) is 0 Å². The molecule has 0 aromatic rings. The molecule has 0 aromatic heterocycles. The van der Waals surface area contributed by atoms with Gasteiger partial charge in [0.15, 0.2) is 18.4 Å². The average Bonchev–Trinajstić information content (AvgIpc) is 3.29. The van der Waals surface area contributed by atoms with Crippen LogP contribution in [-0.2, 0) is 42.7 Å². The fourth-order valence-electron chi connectivity index (χ4n) is 4.22. The molecule has 2 heterocycles. The van der Waals surface area contributed by atoms with E-state index in [1.54, 1.807) is 14.0 Å². The Morgan fingerprint density at radius 2 is 1.91 bits per heavy atom. The molecule has 0 aromatic carbocycles. The van der Waals surface area contributed by atoms with E-state index in [1.807, 2.05) is 0 Å². The number of carbonyl (C=O) groups is 1. The Hall–Kier alpha value is -0.890. The molecule has 2 unspecified atom stereocenters. The first-order chi connectivity index (χ1) is 15.5. The number of ether oxygens (including phenoxy) is 8. The number of methoxy groups -OCH3 is 1. The minimum atomic E-state index is -1.15. The summed E-state index contributed by atoms with van der Waals surface area (Å²) in [5.41, 5.74) is 0. The van der Waals surface area contributed by atoms with Crippen molar-refractivity contribution in [1.29, 1.82) is 0 Å². The largest absolute Gasteiger partial charge is 0.462 e. The Morgan fingerprint density at radius 3 is 2.62 bits per heavy atom. The van der Waals surface area contributed by atoms with Crippen LogP contribution in [0, 0.1) is 0 Å². The van der Waals surface area contributed by atoms with Gasteiger partial charge in [0.1, 0.15) is 37.6 Å². The zero-order valence-electron chi connectivity index (χ0n) is 18.8. The Kier molecular flexibility index (Phi) is 10.1. The van der Waals surface area contributed by atoms with E-state index >= 15 is 0 Å². The lowest BCUT2D eigenvalue weighted by atomic mass is 9.94. The van der Waals surface area contributed by atoms with Crippen molar-refractivity contribution in [3.8, 4) is 0 Å². The molecule has 3 rings (SSSR count). The van der Waals surface area contributed by atoms with Gasteiger partial charge in [-0.1, -0.05) is 6.42 Å². The molecule has 11 nitrogen and oxygen atoms in total. The number of aliphatic hydroxyl groups is 2. The lowest BCUT2D eigenvalue weighted by Gasteiger charge is -2.35. The van der Waals surface area contributed by atoms with Crippen LogP contribution in [0.25, 0.3) is 0 Å². The molecule has 3 fully saturated rings. The molecule has 186 valence electrons. The lowest BCUT2D eigenvalue weighted by Crippen LogP contribution is -2.46. The maximum Gasteiger partial charge on any atom is 0.332 e. The van der Waals surface area contributed by atoms with E-state index in [4.69, 9.17) is 37.9 Å². The number of rotatable bonds is 13. The van der Waals surface area contributed by atoms with Crippen LogP contribution in [0.2, 0.25) is 0 Å². The van der Waals surface area contributed by atoms with Gasteiger partial charge in [0.2, 0.25) is 0 Å². The third-order valence-electron chi connectivity index (χ3n) is 5.77. The molecule has 0 bridgehead atoms. The summed E-state index contributed by atoms with van der Waals surface area (Å²) < 4.78 is 44.7. The Balaban J connectivity index is 1.44. The van der Waals surface area contributed by atoms with E-state index < -0.39 is 55.4 Å². The number of fused-ring (bicyclic) bond motifs is 1. The number of esters is 1. The summed E-state index contributed by atoms with van der Waals surface area (Å²) in [6.45, 7) is 1.92. The summed E-state index contributed by atoms with van der Waals surface area (Å²) in [5, 5.41) is 19.6. The molecular weight excluding hydrogens is 428 g/mol. The monoisotopic (exact) mass is 464 g/mol. The fraction of sp³-hybridized carbons (Fsp3) is 0.952. The van der Waals surface area contributed by atoms with Gasteiger partial charge in [0.05, 0.1) is 26.4 Å². The molecule has 2 aliphatic heterocycles.